The number of rotatable bonds is 5. The van der Waals surface area contributed by atoms with E-state index >= 15 is 0 Å². The van der Waals surface area contributed by atoms with E-state index in [2.05, 4.69) is 28.6 Å². The van der Waals surface area contributed by atoms with E-state index in [1.54, 1.807) is 0 Å². The normalized spacial score (nSPS) is 17.5. The molecular formula is C13H23N3OS. The van der Waals surface area contributed by atoms with Crippen LogP contribution in [0.15, 0.2) is 0 Å². The molecule has 1 aromatic rings. The Labute approximate surface area is 114 Å². The minimum absolute atomic E-state index is 0.382. The molecule has 1 fully saturated rings. The summed E-state index contributed by atoms with van der Waals surface area (Å²) in [6.45, 7) is 5.80. The zero-order valence-electron chi connectivity index (χ0n) is 11.3. The maximum Gasteiger partial charge on any atom is 0.195 e. The molecule has 0 bridgehead atoms. The molecule has 4 nitrogen and oxygen atoms in total. The molecule has 1 aromatic heterocycles. The molecule has 0 saturated heterocycles. The maximum atomic E-state index is 5.94. The summed E-state index contributed by atoms with van der Waals surface area (Å²) >= 11 is 5.25. The Hall–Kier alpha value is -0.680. The monoisotopic (exact) mass is 269 g/mol. The van der Waals surface area contributed by atoms with E-state index in [0.717, 1.165) is 19.0 Å². The standard InChI is InChI=1S/C13H23N3OS/c1-10(2)12-14-15-13(18)16(12)8-9-17-11-6-4-3-5-7-11/h10-11H,3-9H2,1-2H3,(H,15,18). The predicted octanol–water partition coefficient (Wildman–Crippen LogP) is 3.41. The number of aromatic nitrogens is 3. The van der Waals surface area contributed by atoms with Crippen LogP contribution in [0.4, 0.5) is 0 Å². The van der Waals surface area contributed by atoms with Gasteiger partial charge in [-0.2, -0.15) is 5.10 Å². The predicted molar refractivity (Wildman–Crippen MR) is 74.3 cm³/mol. The molecule has 102 valence electrons. The van der Waals surface area contributed by atoms with E-state index in [4.69, 9.17) is 17.0 Å². The number of hydrogen-bond acceptors (Lipinski definition) is 3. The van der Waals surface area contributed by atoms with Gasteiger partial charge in [-0.05, 0) is 25.1 Å². The quantitative estimate of drug-likeness (QED) is 0.833. The molecule has 2 rings (SSSR count). The zero-order valence-corrected chi connectivity index (χ0v) is 12.1. The second kappa shape index (κ2) is 6.48. The molecule has 1 N–H and O–H groups in total. The van der Waals surface area contributed by atoms with Crippen molar-refractivity contribution in [2.75, 3.05) is 6.61 Å². The van der Waals surface area contributed by atoms with Crippen molar-refractivity contribution in [3.63, 3.8) is 0 Å². The van der Waals surface area contributed by atoms with E-state index in [1.807, 2.05) is 0 Å². The number of aromatic amines is 1. The third-order valence-corrected chi connectivity index (χ3v) is 3.84. The number of H-pyrrole nitrogens is 1. The van der Waals surface area contributed by atoms with Gasteiger partial charge in [0.2, 0.25) is 0 Å². The highest BCUT2D eigenvalue weighted by Gasteiger charge is 2.14. The molecule has 0 unspecified atom stereocenters. The Morgan fingerprint density at radius 1 is 1.39 bits per heavy atom. The average molecular weight is 269 g/mol. The number of nitrogens with one attached hydrogen (secondary N) is 1. The summed E-state index contributed by atoms with van der Waals surface area (Å²) in [5.41, 5.74) is 0. The van der Waals surface area contributed by atoms with Gasteiger partial charge in [-0.25, -0.2) is 0 Å². The van der Waals surface area contributed by atoms with Crippen molar-refractivity contribution in [3.05, 3.63) is 10.6 Å². The Kier molecular flexibility index (Phi) is 4.95. The molecule has 0 aromatic carbocycles. The highest BCUT2D eigenvalue weighted by atomic mass is 32.1. The first-order valence-corrected chi connectivity index (χ1v) is 7.36. The van der Waals surface area contributed by atoms with Crippen LogP contribution in [-0.2, 0) is 11.3 Å². The lowest BCUT2D eigenvalue weighted by molar-refractivity contribution is 0.0236. The molecule has 5 heteroatoms. The Morgan fingerprint density at radius 3 is 2.78 bits per heavy atom. The van der Waals surface area contributed by atoms with Crippen LogP contribution in [0.5, 0.6) is 0 Å². The molecule has 0 atom stereocenters. The summed E-state index contributed by atoms with van der Waals surface area (Å²) in [6, 6.07) is 0. The Balaban J connectivity index is 1.86. The fourth-order valence-corrected chi connectivity index (χ4v) is 2.76. The van der Waals surface area contributed by atoms with Crippen LogP contribution in [-0.4, -0.2) is 27.5 Å². The van der Waals surface area contributed by atoms with Crippen LogP contribution in [0.25, 0.3) is 0 Å². The number of hydrogen-bond donors (Lipinski definition) is 1. The van der Waals surface area contributed by atoms with Crippen LogP contribution in [0.1, 0.15) is 57.7 Å². The first-order valence-electron chi connectivity index (χ1n) is 6.95. The fourth-order valence-electron chi connectivity index (χ4n) is 2.53. The van der Waals surface area contributed by atoms with Crippen LogP contribution in [0.2, 0.25) is 0 Å². The molecule has 1 saturated carbocycles. The molecule has 0 spiro atoms. The first-order chi connectivity index (χ1) is 8.68. The van der Waals surface area contributed by atoms with Gasteiger partial charge < -0.3 is 9.30 Å². The van der Waals surface area contributed by atoms with E-state index in [1.165, 1.54) is 32.1 Å². The lowest BCUT2D eigenvalue weighted by Gasteiger charge is -2.22. The van der Waals surface area contributed by atoms with Gasteiger partial charge in [0.15, 0.2) is 4.77 Å². The Morgan fingerprint density at radius 2 is 2.11 bits per heavy atom. The maximum absolute atomic E-state index is 5.94. The molecule has 0 amide bonds. The van der Waals surface area contributed by atoms with Gasteiger partial charge in [0.25, 0.3) is 0 Å². The summed E-state index contributed by atoms with van der Waals surface area (Å²) in [7, 11) is 0. The molecular weight excluding hydrogens is 246 g/mol. The second-order valence-electron chi connectivity index (χ2n) is 5.32. The summed E-state index contributed by atoms with van der Waals surface area (Å²) in [5.74, 6) is 1.40. The van der Waals surface area contributed by atoms with Gasteiger partial charge in [0, 0.05) is 5.92 Å². The topological polar surface area (TPSA) is 42.8 Å². The molecule has 1 aliphatic rings. The van der Waals surface area contributed by atoms with Crippen LogP contribution < -0.4 is 0 Å². The van der Waals surface area contributed by atoms with Crippen LogP contribution in [0.3, 0.4) is 0 Å². The summed E-state index contributed by atoms with van der Waals surface area (Å²) in [4.78, 5) is 0. The molecule has 0 aliphatic heterocycles. The minimum atomic E-state index is 0.382. The van der Waals surface area contributed by atoms with Gasteiger partial charge in [-0.3, -0.25) is 5.10 Å². The Bertz CT molecular complexity index is 418. The van der Waals surface area contributed by atoms with E-state index < -0.39 is 0 Å². The van der Waals surface area contributed by atoms with Crippen molar-refractivity contribution in [2.24, 2.45) is 0 Å². The largest absolute Gasteiger partial charge is 0.376 e. The van der Waals surface area contributed by atoms with Crippen molar-refractivity contribution in [1.82, 2.24) is 14.8 Å². The van der Waals surface area contributed by atoms with Gasteiger partial charge in [-0.1, -0.05) is 33.1 Å². The molecule has 1 heterocycles. The van der Waals surface area contributed by atoms with E-state index in [-0.39, 0.29) is 0 Å². The summed E-state index contributed by atoms with van der Waals surface area (Å²) in [5, 5.41) is 7.14. The molecule has 18 heavy (non-hydrogen) atoms. The minimum Gasteiger partial charge on any atom is -0.376 e. The van der Waals surface area contributed by atoms with Crippen LogP contribution in [0, 0.1) is 4.77 Å². The SMILES string of the molecule is CC(C)c1n[nH]c(=S)n1CCOC1CCCCC1. The van der Waals surface area contributed by atoms with Crippen molar-refractivity contribution < 1.29 is 4.74 Å². The number of ether oxygens (including phenoxy) is 1. The zero-order chi connectivity index (χ0) is 13.0. The van der Waals surface area contributed by atoms with E-state index in [0.29, 0.717) is 16.8 Å². The lowest BCUT2D eigenvalue weighted by atomic mass is 9.98. The van der Waals surface area contributed by atoms with Crippen molar-refractivity contribution in [3.8, 4) is 0 Å². The fraction of sp³-hybridized carbons (Fsp3) is 0.846. The van der Waals surface area contributed by atoms with Crippen molar-refractivity contribution in [1.29, 1.82) is 0 Å². The van der Waals surface area contributed by atoms with Gasteiger partial charge in [0.05, 0.1) is 19.3 Å². The molecule has 1 aliphatic carbocycles. The van der Waals surface area contributed by atoms with Crippen molar-refractivity contribution >= 4 is 12.2 Å². The first kappa shape index (κ1) is 13.7. The van der Waals surface area contributed by atoms with Gasteiger partial charge >= 0.3 is 0 Å². The highest BCUT2D eigenvalue weighted by Crippen LogP contribution is 2.20. The summed E-state index contributed by atoms with van der Waals surface area (Å²) in [6.07, 6.45) is 6.88. The highest BCUT2D eigenvalue weighted by molar-refractivity contribution is 7.71. The summed E-state index contributed by atoms with van der Waals surface area (Å²) < 4.78 is 8.70. The number of nitrogens with zero attached hydrogens (tertiary/aromatic N) is 2. The second-order valence-corrected chi connectivity index (χ2v) is 5.71. The van der Waals surface area contributed by atoms with Crippen LogP contribution >= 0.6 is 12.2 Å². The van der Waals surface area contributed by atoms with Crippen molar-refractivity contribution in [2.45, 2.75) is 64.5 Å². The molecule has 0 radical (unpaired) electrons. The van der Waals surface area contributed by atoms with E-state index in [9.17, 15) is 0 Å². The van der Waals surface area contributed by atoms with Gasteiger partial charge in [0.1, 0.15) is 5.82 Å². The smallest absolute Gasteiger partial charge is 0.195 e. The third-order valence-electron chi connectivity index (χ3n) is 3.52. The average Bonchev–Trinajstić information content (AvgIpc) is 2.73. The third kappa shape index (κ3) is 3.42. The lowest BCUT2D eigenvalue weighted by Crippen LogP contribution is -2.20. The van der Waals surface area contributed by atoms with Gasteiger partial charge in [-0.15, -0.1) is 0 Å².